The minimum absolute atomic E-state index is 0.0781. The molecule has 3 nitrogen and oxygen atoms in total. The predicted molar refractivity (Wildman–Crippen MR) is 102 cm³/mol. The van der Waals surface area contributed by atoms with Gasteiger partial charge in [0, 0.05) is 29.5 Å². The molecule has 4 heteroatoms. The Morgan fingerprint density at radius 2 is 2.12 bits per heavy atom. The smallest absolute Gasteiger partial charge is 0.226 e. The van der Waals surface area contributed by atoms with Gasteiger partial charge in [-0.1, -0.05) is 41.9 Å². The molecule has 0 radical (unpaired) electrons. The number of halogens is 1. The predicted octanol–water partition coefficient (Wildman–Crippen LogP) is 3.85. The number of hydrogen-bond acceptors (Lipinski definition) is 2. The number of carbonyl (C=O) groups is 1. The second-order valence-electron chi connectivity index (χ2n) is 8.07. The first-order valence-corrected chi connectivity index (χ1v) is 10.0. The average molecular weight is 393 g/mol. The molecule has 1 aliphatic heterocycles. The summed E-state index contributed by atoms with van der Waals surface area (Å²) in [5.41, 5.74) is 7.47. The van der Waals surface area contributed by atoms with Gasteiger partial charge in [-0.3, -0.25) is 4.79 Å². The largest absolute Gasteiger partial charge is 0.342 e. The summed E-state index contributed by atoms with van der Waals surface area (Å²) < 4.78 is 1.08. The van der Waals surface area contributed by atoms with Gasteiger partial charge in [0.25, 0.3) is 0 Å². The Morgan fingerprint density at radius 1 is 1.33 bits per heavy atom. The summed E-state index contributed by atoms with van der Waals surface area (Å²) in [5, 5.41) is 0. The van der Waals surface area contributed by atoms with Gasteiger partial charge >= 0.3 is 0 Å². The van der Waals surface area contributed by atoms with E-state index in [9.17, 15) is 4.79 Å². The molecule has 1 aromatic carbocycles. The van der Waals surface area contributed by atoms with E-state index in [4.69, 9.17) is 5.73 Å². The fraction of sp³-hybridized carbons (Fsp3) is 0.650. The molecule has 3 rings (SSSR count). The highest BCUT2D eigenvalue weighted by Gasteiger charge is 2.43. The molecule has 0 aromatic heterocycles. The van der Waals surface area contributed by atoms with Gasteiger partial charge in [0.2, 0.25) is 5.91 Å². The minimum atomic E-state index is 0.0781. The zero-order chi connectivity index (χ0) is 17.3. The number of nitrogens with zero attached hydrogens (tertiary/aromatic N) is 1. The summed E-state index contributed by atoms with van der Waals surface area (Å²) >= 11 is 3.54. The Labute approximate surface area is 154 Å². The van der Waals surface area contributed by atoms with Crippen molar-refractivity contribution in [3.8, 4) is 0 Å². The molecule has 4 atom stereocenters. The molecule has 2 N–H and O–H groups in total. The molecule has 132 valence electrons. The summed E-state index contributed by atoms with van der Waals surface area (Å²) in [5.74, 6) is 2.10. The van der Waals surface area contributed by atoms with Crippen LogP contribution in [0.5, 0.6) is 0 Å². The topological polar surface area (TPSA) is 46.3 Å². The summed E-state index contributed by atoms with van der Waals surface area (Å²) in [6.07, 6.45) is 4.10. The van der Waals surface area contributed by atoms with Crippen LogP contribution in [0.4, 0.5) is 0 Å². The van der Waals surface area contributed by atoms with Crippen molar-refractivity contribution in [3.05, 3.63) is 34.3 Å². The SMILES string of the molecule is CC(C)CC(Cc1cccc(Br)c1)C(=O)N1CC2CCC(N)C2C1. The van der Waals surface area contributed by atoms with Gasteiger partial charge in [0.1, 0.15) is 0 Å². The first kappa shape index (κ1) is 17.9. The van der Waals surface area contributed by atoms with E-state index in [0.717, 1.165) is 36.8 Å². The summed E-state index contributed by atoms with van der Waals surface area (Å²) in [4.78, 5) is 15.3. The first-order valence-electron chi connectivity index (χ1n) is 9.23. The molecule has 1 saturated carbocycles. The van der Waals surface area contributed by atoms with Gasteiger partial charge in [-0.05, 0) is 61.1 Å². The molecule has 1 aliphatic carbocycles. The third-order valence-electron chi connectivity index (χ3n) is 5.70. The van der Waals surface area contributed by atoms with E-state index in [2.05, 4.69) is 52.9 Å². The van der Waals surface area contributed by atoms with Crippen molar-refractivity contribution in [2.24, 2.45) is 29.4 Å². The standard InChI is InChI=1S/C20H29BrN2O/c1-13(2)8-16(9-14-4-3-5-17(21)10-14)20(24)23-11-15-6-7-19(22)18(15)12-23/h3-5,10,13,15-16,18-19H,6-9,11-12,22H2,1-2H3. The number of amides is 1. The second-order valence-corrected chi connectivity index (χ2v) is 8.98. The molecule has 1 heterocycles. The maximum Gasteiger partial charge on any atom is 0.226 e. The van der Waals surface area contributed by atoms with Crippen LogP contribution < -0.4 is 5.73 Å². The van der Waals surface area contributed by atoms with E-state index in [-0.39, 0.29) is 5.92 Å². The Kier molecular flexibility index (Phi) is 5.66. The maximum absolute atomic E-state index is 13.2. The minimum Gasteiger partial charge on any atom is -0.342 e. The number of hydrogen-bond donors (Lipinski definition) is 1. The number of carbonyl (C=O) groups excluding carboxylic acids is 1. The molecule has 1 aromatic rings. The molecular weight excluding hydrogens is 364 g/mol. The van der Waals surface area contributed by atoms with Gasteiger partial charge in [-0.2, -0.15) is 0 Å². The van der Waals surface area contributed by atoms with Crippen molar-refractivity contribution in [1.82, 2.24) is 4.90 Å². The van der Waals surface area contributed by atoms with Crippen LogP contribution >= 0.6 is 15.9 Å². The zero-order valence-electron chi connectivity index (χ0n) is 14.7. The average Bonchev–Trinajstić information content (AvgIpc) is 3.08. The van der Waals surface area contributed by atoms with Gasteiger partial charge in [0.15, 0.2) is 0 Å². The number of benzene rings is 1. The van der Waals surface area contributed by atoms with E-state index >= 15 is 0 Å². The Morgan fingerprint density at radius 3 is 2.79 bits per heavy atom. The molecule has 1 amide bonds. The molecule has 2 aliphatic rings. The summed E-state index contributed by atoms with van der Waals surface area (Å²) in [6, 6.07) is 8.64. The highest BCUT2D eigenvalue weighted by atomic mass is 79.9. The quantitative estimate of drug-likeness (QED) is 0.826. The third kappa shape index (κ3) is 4.02. The van der Waals surface area contributed by atoms with Gasteiger partial charge in [-0.25, -0.2) is 0 Å². The number of rotatable bonds is 5. The number of fused-ring (bicyclic) bond motifs is 1. The van der Waals surface area contributed by atoms with Crippen molar-refractivity contribution in [2.45, 2.75) is 45.6 Å². The summed E-state index contributed by atoms with van der Waals surface area (Å²) in [6.45, 7) is 6.20. The van der Waals surface area contributed by atoms with Crippen LogP contribution in [0.15, 0.2) is 28.7 Å². The second kappa shape index (κ2) is 7.57. The van der Waals surface area contributed by atoms with Crippen LogP contribution in [-0.2, 0) is 11.2 Å². The van der Waals surface area contributed by atoms with Crippen molar-refractivity contribution >= 4 is 21.8 Å². The number of nitrogens with two attached hydrogens (primary N) is 1. The van der Waals surface area contributed by atoms with Crippen LogP contribution in [0.1, 0.15) is 38.7 Å². The fourth-order valence-electron chi connectivity index (χ4n) is 4.53. The highest BCUT2D eigenvalue weighted by molar-refractivity contribution is 9.10. The Hall–Kier alpha value is -0.870. The van der Waals surface area contributed by atoms with E-state index in [0.29, 0.717) is 29.7 Å². The van der Waals surface area contributed by atoms with E-state index in [1.807, 2.05) is 6.07 Å². The molecule has 0 spiro atoms. The summed E-state index contributed by atoms with van der Waals surface area (Å²) in [7, 11) is 0. The van der Waals surface area contributed by atoms with E-state index in [1.54, 1.807) is 0 Å². The van der Waals surface area contributed by atoms with Crippen LogP contribution in [0.2, 0.25) is 0 Å². The van der Waals surface area contributed by atoms with Crippen molar-refractivity contribution in [2.75, 3.05) is 13.1 Å². The van der Waals surface area contributed by atoms with Crippen molar-refractivity contribution < 1.29 is 4.79 Å². The zero-order valence-corrected chi connectivity index (χ0v) is 16.3. The van der Waals surface area contributed by atoms with Crippen molar-refractivity contribution in [3.63, 3.8) is 0 Å². The van der Waals surface area contributed by atoms with E-state index in [1.165, 1.54) is 12.0 Å². The lowest BCUT2D eigenvalue weighted by Gasteiger charge is -2.26. The molecule has 24 heavy (non-hydrogen) atoms. The highest BCUT2D eigenvalue weighted by Crippen LogP contribution is 2.38. The third-order valence-corrected chi connectivity index (χ3v) is 6.19. The van der Waals surface area contributed by atoms with Gasteiger partial charge < -0.3 is 10.6 Å². The lowest BCUT2D eigenvalue weighted by molar-refractivity contribution is -0.135. The Balaban J connectivity index is 1.70. The van der Waals surface area contributed by atoms with E-state index < -0.39 is 0 Å². The molecular formula is C20H29BrN2O. The lowest BCUT2D eigenvalue weighted by Crippen LogP contribution is -2.38. The van der Waals surface area contributed by atoms with Crippen molar-refractivity contribution in [1.29, 1.82) is 0 Å². The van der Waals surface area contributed by atoms with Crippen LogP contribution in [0, 0.1) is 23.7 Å². The molecule has 1 saturated heterocycles. The van der Waals surface area contributed by atoms with Crippen LogP contribution in [0.25, 0.3) is 0 Å². The first-order chi connectivity index (χ1) is 11.4. The molecule has 4 unspecified atom stereocenters. The normalized spacial score (nSPS) is 27.5. The molecule has 2 fully saturated rings. The monoisotopic (exact) mass is 392 g/mol. The number of likely N-dealkylation sites (tertiary alicyclic amines) is 1. The molecule has 0 bridgehead atoms. The lowest BCUT2D eigenvalue weighted by atomic mass is 9.89. The van der Waals surface area contributed by atoms with Gasteiger partial charge in [0.05, 0.1) is 0 Å². The van der Waals surface area contributed by atoms with Gasteiger partial charge in [-0.15, -0.1) is 0 Å². The maximum atomic E-state index is 13.2. The van der Waals surface area contributed by atoms with Crippen LogP contribution in [0.3, 0.4) is 0 Å². The fourth-order valence-corrected chi connectivity index (χ4v) is 4.98. The van der Waals surface area contributed by atoms with Crippen LogP contribution in [-0.4, -0.2) is 29.9 Å². The Bertz CT molecular complexity index is 589.